The van der Waals surface area contributed by atoms with Crippen LogP contribution >= 0.6 is 0 Å². The van der Waals surface area contributed by atoms with Crippen LogP contribution in [0.25, 0.3) is 0 Å². The van der Waals surface area contributed by atoms with E-state index in [0.29, 0.717) is 94.2 Å². The molecule has 2 aliphatic rings. The molecule has 12 atom stereocenters. The number of amides is 12. The van der Waals surface area contributed by atoms with Gasteiger partial charge >= 0.3 is 24.1 Å². The van der Waals surface area contributed by atoms with Crippen molar-refractivity contribution in [2.75, 3.05) is 119 Å². The molecule has 4 rings (SSSR count). The molecule has 34 heteroatoms. The lowest BCUT2D eigenvalue weighted by Gasteiger charge is -2.33. The van der Waals surface area contributed by atoms with E-state index in [4.69, 9.17) is 37.9 Å². The standard InChI is InChI=1S/C88H135N11O23/c1-19-57(7)77-81(107)91-64(14)86(112)122-78(58(8)20-2)62(12)70(35-30-59(9)85(111)120-71(49-55(3)4)80(106)90-63(13)83(109)98(18)68(52-65-27-23-21-24-28-65)84(110)97(17)53-74(103)94-77)121-88(114)96(16)40-39-95(15)87(113)119-54-66-31-33-67(34-32-66)92-79(105)60(10)50-69(100)76(56(5)6)93-73(102)36-41-115-43-45-117-47-48-118-46-44-116-42-37-89-72(101)29-25-22-26-38-99-75(104)51-61(11)82(99)108/h20-21,23-24,27-28,30-34,55-57,60-64,68,70-71,76-78H,19,22,25-26,29,35-54H2,1-18H3,(H,89,101)(H,90,106)(H,91,107)(H,92,105)(H,93,102)(H,94,103)/b58-20+,59-30+/t57?,60-,61?,62-,63-,64+,68+,70-,71+,76+,77-,78+/m0/s1. The van der Waals surface area contributed by atoms with Gasteiger partial charge in [0.25, 0.3) is 5.91 Å². The zero-order valence-corrected chi connectivity index (χ0v) is 74.7. The van der Waals surface area contributed by atoms with Gasteiger partial charge in [0, 0.05) is 122 Å². The van der Waals surface area contributed by atoms with Gasteiger partial charge in [-0.15, -0.1) is 0 Å². The molecule has 6 N–H and O–H groups in total. The van der Waals surface area contributed by atoms with Crippen LogP contribution in [-0.4, -0.2) is 276 Å². The van der Waals surface area contributed by atoms with Crippen molar-refractivity contribution in [1.82, 2.24) is 51.1 Å². The number of likely N-dealkylation sites (N-methyl/N-ethyl adjacent to an activating group) is 4. The van der Waals surface area contributed by atoms with Crippen LogP contribution < -0.4 is 31.9 Å². The summed E-state index contributed by atoms with van der Waals surface area (Å²) in [5.41, 5.74) is 2.19. The minimum atomic E-state index is -1.40. The lowest BCUT2D eigenvalue weighted by Crippen LogP contribution is -2.57. The monoisotopic (exact) mass is 1710 g/mol. The van der Waals surface area contributed by atoms with Crippen molar-refractivity contribution >= 4 is 94.7 Å². The molecule has 1 saturated heterocycles. The number of Topliss-reactive ketones (excluding diaryl/α,β-unsaturated/α-hetero) is 1. The number of ether oxygens (including phenoxy) is 8. The first-order valence-electron chi connectivity index (χ1n) is 42.4. The Kier molecular flexibility index (Phi) is 46.4. The van der Waals surface area contributed by atoms with E-state index in [-0.39, 0.29) is 125 Å². The zero-order chi connectivity index (χ0) is 90.9. The summed E-state index contributed by atoms with van der Waals surface area (Å²) in [4.78, 5) is 209. The number of benzene rings is 2. The highest BCUT2D eigenvalue weighted by Crippen LogP contribution is 2.28. The van der Waals surface area contributed by atoms with Crippen LogP contribution in [0.1, 0.15) is 172 Å². The molecule has 0 bridgehead atoms. The quantitative estimate of drug-likeness (QED) is 0.0131. The van der Waals surface area contributed by atoms with E-state index in [2.05, 4.69) is 31.9 Å². The lowest BCUT2D eigenvalue weighted by molar-refractivity contribution is -0.155. The number of nitrogens with one attached hydrogen (secondary N) is 6. The third-order valence-electron chi connectivity index (χ3n) is 21.2. The second-order valence-corrected chi connectivity index (χ2v) is 32.4. The third-order valence-corrected chi connectivity index (χ3v) is 21.2. The number of rotatable bonds is 41. The summed E-state index contributed by atoms with van der Waals surface area (Å²) < 4.78 is 46.0. The van der Waals surface area contributed by atoms with Crippen LogP contribution in [-0.2, 0) is 113 Å². The van der Waals surface area contributed by atoms with E-state index < -0.39 is 138 Å². The average Bonchev–Trinajstić information content (AvgIpc) is 1.64. The van der Waals surface area contributed by atoms with Crippen LogP contribution in [0.15, 0.2) is 77.9 Å². The van der Waals surface area contributed by atoms with Crippen LogP contribution in [0.4, 0.5) is 15.3 Å². The van der Waals surface area contributed by atoms with Gasteiger partial charge in [-0.1, -0.05) is 130 Å². The normalized spacial score (nSPS) is 21.6. The van der Waals surface area contributed by atoms with Crippen molar-refractivity contribution in [2.24, 2.45) is 35.5 Å². The molecule has 2 aromatic carbocycles. The smallest absolute Gasteiger partial charge is 0.409 e. The number of allylic oxidation sites excluding steroid dienone is 1. The Labute approximate surface area is 718 Å². The summed E-state index contributed by atoms with van der Waals surface area (Å²) in [5, 5.41) is 16.5. The van der Waals surface area contributed by atoms with Crippen LogP contribution in [0, 0.1) is 35.5 Å². The lowest BCUT2D eigenvalue weighted by atomic mass is 9.90. The highest BCUT2D eigenvalue weighted by atomic mass is 16.6. The predicted octanol–water partition coefficient (Wildman–Crippen LogP) is 6.79. The first-order chi connectivity index (χ1) is 57.8. The van der Waals surface area contributed by atoms with E-state index in [1.54, 1.807) is 116 Å². The van der Waals surface area contributed by atoms with Gasteiger partial charge in [-0.3, -0.25) is 57.6 Å². The summed E-state index contributed by atoms with van der Waals surface area (Å²) in [6, 6.07) is 9.61. The number of anilines is 1. The summed E-state index contributed by atoms with van der Waals surface area (Å²) in [7, 11) is 5.70. The molecule has 2 heterocycles. The van der Waals surface area contributed by atoms with Crippen molar-refractivity contribution in [1.29, 1.82) is 0 Å². The Morgan fingerprint density at radius 3 is 1.88 bits per heavy atom. The molecule has 1 fully saturated rings. The number of unbranched alkanes of at least 4 members (excludes halogenated alkanes) is 2. The van der Waals surface area contributed by atoms with Crippen molar-refractivity contribution < 1.29 is 110 Å². The van der Waals surface area contributed by atoms with Crippen molar-refractivity contribution in [3.05, 3.63) is 89.0 Å². The number of ketones is 1. The number of hydrogen-bond donors (Lipinski definition) is 6. The first-order valence-corrected chi connectivity index (χ1v) is 42.4. The zero-order valence-electron chi connectivity index (χ0n) is 74.7. The van der Waals surface area contributed by atoms with Gasteiger partial charge in [-0.05, 0) is 100 Å². The van der Waals surface area contributed by atoms with Crippen LogP contribution in [0.5, 0.6) is 0 Å². The number of carbonyl (C=O) groups excluding carboxylic acids is 15. The molecular weight excluding hydrogens is 1580 g/mol. The van der Waals surface area contributed by atoms with Crippen LogP contribution in [0.3, 0.4) is 0 Å². The summed E-state index contributed by atoms with van der Waals surface area (Å²) in [5.74, 6) is -9.66. The Balaban J connectivity index is 1.29. The highest BCUT2D eigenvalue weighted by molar-refractivity contribution is 6.03. The number of likely N-dealkylation sites (tertiary alicyclic amines) is 1. The van der Waals surface area contributed by atoms with Gasteiger partial charge in [-0.25, -0.2) is 19.2 Å². The molecule has 0 aliphatic carbocycles. The van der Waals surface area contributed by atoms with Gasteiger partial charge in [0.15, 0.2) is 11.9 Å². The first kappa shape index (κ1) is 104. The largest absolute Gasteiger partial charge is 0.456 e. The second-order valence-electron chi connectivity index (χ2n) is 32.4. The van der Waals surface area contributed by atoms with E-state index in [1.165, 1.54) is 74.6 Å². The molecule has 12 amide bonds. The van der Waals surface area contributed by atoms with Gasteiger partial charge in [0.05, 0.1) is 65.4 Å². The fraction of sp³-hybridized carbons (Fsp3) is 0.648. The summed E-state index contributed by atoms with van der Waals surface area (Å²) in [6.45, 7) is 25.6. The molecule has 0 spiro atoms. The molecule has 34 nitrogen and oxygen atoms in total. The molecule has 2 unspecified atom stereocenters. The Morgan fingerprint density at radius 2 is 1.29 bits per heavy atom. The maximum atomic E-state index is 14.4. The van der Waals surface area contributed by atoms with Gasteiger partial charge < -0.3 is 89.4 Å². The fourth-order valence-corrected chi connectivity index (χ4v) is 13.1. The molecule has 0 aromatic heterocycles. The number of carbonyl (C=O) groups is 15. The maximum Gasteiger partial charge on any atom is 0.409 e. The number of cyclic esters (lactones) is 2. The van der Waals surface area contributed by atoms with E-state index in [0.717, 1.165) is 11.3 Å². The SMILES string of the molecule is C/C=C(\C)[C@H]1OC(=O)[C@@H](C)NC(=O)[C@H](C(C)CC)NC(=O)CN(C)C(=O)[C@@H](Cc2ccccc2)N(C)C(=O)[C@H](C)NC(=O)[C@@H](CC(C)C)OC(=O)/C(C)=C/C[C@H](OC(=O)N(C)CCN(C)C(=O)OCc2ccc(NC(=O)[C@@H](C)CC(=O)[C@H](NC(=O)CCOCCOCCOCCOCCNC(=O)CCCCCN3C(=O)CC(C)C3=O)C(C)C)cc2)[C@@H]1C. The molecule has 2 aromatic rings. The van der Waals surface area contributed by atoms with Gasteiger partial charge in [-0.2, -0.15) is 0 Å². The summed E-state index contributed by atoms with van der Waals surface area (Å²) >= 11 is 0. The Hall–Kier alpha value is -10.2. The van der Waals surface area contributed by atoms with Gasteiger partial charge in [0.2, 0.25) is 53.2 Å². The van der Waals surface area contributed by atoms with E-state index in [9.17, 15) is 71.9 Å². The van der Waals surface area contributed by atoms with Crippen molar-refractivity contribution in [3.63, 3.8) is 0 Å². The fourth-order valence-electron chi connectivity index (χ4n) is 13.1. The van der Waals surface area contributed by atoms with E-state index >= 15 is 0 Å². The molecule has 122 heavy (non-hydrogen) atoms. The number of hydrogen-bond acceptors (Lipinski definition) is 23. The third kappa shape index (κ3) is 36.5. The molecule has 0 saturated carbocycles. The molecule has 2 aliphatic heterocycles. The van der Waals surface area contributed by atoms with E-state index in [1.807, 2.05) is 20.8 Å². The Bertz CT molecular complexity index is 3840. The molecule has 680 valence electrons. The number of imide groups is 1. The second kappa shape index (κ2) is 54.3. The Morgan fingerprint density at radius 1 is 0.680 bits per heavy atom. The van der Waals surface area contributed by atoms with Gasteiger partial charge in [0.1, 0.15) is 43.0 Å². The molecule has 0 radical (unpaired) electrons. The topological polar surface area (TPSA) is 418 Å². The number of nitrogens with zero attached hydrogens (tertiary/aromatic N) is 5. The number of esters is 2. The summed E-state index contributed by atoms with van der Waals surface area (Å²) in [6.07, 6.45) is 0.651. The highest BCUT2D eigenvalue weighted by Gasteiger charge is 2.40. The molecular formula is C88H135N11O23. The minimum absolute atomic E-state index is 0.00521. The van der Waals surface area contributed by atoms with Crippen LogP contribution in [0.2, 0.25) is 0 Å². The minimum Gasteiger partial charge on any atom is -0.456 e. The van der Waals surface area contributed by atoms with Crippen molar-refractivity contribution in [2.45, 2.75) is 223 Å². The average molecular weight is 1720 g/mol. The maximum absolute atomic E-state index is 14.4. The van der Waals surface area contributed by atoms with Crippen molar-refractivity contribution in [3.8, 4) is 0 Å². The predicted molar refractivity (Wildman–Crippen MR) is 453 cm³/mol.